The SMILES string of the molecule is CCOc1cc(OC)ccc1CNCC(=O)N1CCCC(c2cccc(C(=O)NCCOCCOCCOCCOCCNC(=O)c3ccc(N4CCN(Cc5cnc6cc(CC)c(=O)[nH]c6c5)CC4)cn3)c2)C1. The van der Waals surface area contributed by atoms with Crippen molar-refractivity contribution in [3.63, 3.8) is 0 Å². The van der Waals surface area contributed by atoms with Gasteiger partial charge < -0.3 is 59.2 Å². The molecule has 398 valence electrons. The zero-order chi connectivity index (χ0) is 51.9. The van der Waals surface area contributed by atoms with Crippen molar-refractivity contribution in [1.29, 1.82) is 0 Å². The minimum Gasteiger partial charge on any atom is -0.497 e. The third-order valence-electron chi connectivity index (χ3n) is 13.1. The molecule has 2 fully saturated rings. The van der Waals surface area contributed by atoms with Gasteiger partial charge in [-0.15, -0.1) is 0 Å². The predicted octanol–water partition coefficient (Wildman–Crippen LogP) is 4.33. The molecule has 0 spiro atoms. The maximum atomic E-state index is 13.2. The highest BCUT2D eigenvalue weighted by Gasteiger charge is 2.25. The summed E-state index contributed by atoms with van der Waals surface area (Å²) >= 11 is 0. The van der Waals surface area contributed by atoms with Crippen molar-refractivity contribution in [2.75, 3.05) is 130 Å². The average molecular weight is 1020 g/mol. The quantitative estimate of drug-likeness (QED) is 0.0492. The lowest BCUT2D eigenvalue weighted by molar-refractivity contribution is -0.131. The molecule has 2 saturated heterocycles. The number of piperazine rings is 1. The zero-order valence-corrected chi connectivity index (χ0v) is 43.2. The van der Waals surface area contributed by atoms with Crippen LogP contribution in [0.5, 0.6) is 11.5 Å². The molecule has 19 nitrogen and oxygen atoms in total. The molecule has 2 aliphatic heterocycles. The Bertz CT molecular complexity index is 2630. The van der Waals surface area contributed by atoms with Crippen LogP contribution in [0, 0.1) is 0 Å². The second-order valence-corrected chi connectivity index (χ2v) is 18.2. The molecule has 0 bridgehead atoms. The van der Waals surface area contributed by atoms with Crippen molar-refractivity contribution >= 4 is 34.4 Å². The Morgan fingerprint density at radius 1 is 0.757 bits per heavy atom. The molecule has 0 saturated carbocycles. The van der Waals surface area contributed by atoms with E-state index in [1.54, 1.807) is 25.4 Å². The van der Waals surface area contributed by atoms with Gasteiger partial charge in [-0.2, -0.15) is 0 Å². The fourth-order valence-electron chi connectivity index (χ4n) is 9.00. The van der Waals surface area contributed by atoms with Crippen LogP contribution in [0.4, 0.5) is 5.69 Å². The van der Waals surface area contributed by atoms with Crippen LogP contribution in [0.3, 0.4) is 0 Å². The summed E-state index contributed by atoms with van der Waals surface area (Å²) in [6.45, 7) is 14.4. The number of carbonyl (C=O) groups is 3. The van der Waals surface area contributed by atoms with Gasteiger partial charge in [-0.25, -0.2) is 4.98 Å². The first-order valence-electron chi connectivity index (χ1n) is 25.9. The molecule has 2 aliphatic rings. The van der Waals surface area contributed by atoms with E-state index in [4.69, 9.17) is 28.4 Å². The standard InChI is InChI=1S/C55H73N9O10/c1-4-41-32-49-50(61-54(41)67)30-40(34-59-49)38-62-18-20-63(21-19-62)46-12-14-48(60-36-46)55(68)58-16-23-71-25-27-73-29-28-72-26-24-70-22-15-57-53(66)43-9-6-8-42(31-43)45-10-7-17-64(39-45)52(65)37-56-35-44-11-13-47(69-3)33-51(44)74-5-2/h6,8-9,11-14,30-34,36,45,56H,4-5,7,10,15-29,35,37-39H2,1-3H3,(H,57,66)(H,58,68)(H,61,67). The number of piperidine rings is 1. The predicted molar refractivity (Wildman–Crippen MR) is 282 cm³/mol. The number of hydrogen-bond acceptors (Lipinski definition) is 15. The Morgan fingerprint density at radius 3 is 2.18 bits per heavy atom. The number of amides is 3. The van der Waals surface area contributed by atoms with E-state index in [1.165, 1.54) is 0 Å². The molecule has 5 aromatic rings. The van der Waals surface area contributed by atoms with Crippen LogP contribution in [0.15, 0.2) is 83.9 Å². The molecule has 7 rings (SSSR count). The van der Waals surface area contributed by atoms with E-state index >= 15 is 0 Å². The van der Waals surface area contributed by atoms with Gasteiger partial charge in [-0.05, 0) is 79.8 Å². The van der Waals surface area contributed by atoms with Crippen molar-refractivity contribution in [1.82, 2.24) is 40.7 Å². The second kappa shape index (κ2) is 29.4. The molecule has 3 aromatic heterocycles. The highest BCUT2D eigenvalue weighted by atomic mass is 16.6. The number of aryl methyl sites for hydroxylation is 1. The number of pyridine rings is 3. The first-order chi connectivity index (χ1) is 36.2. The molecule has 5 heterocycles. The third-order valence-corrected chi connectivity index (χ3v) is 13.1. The summed E-state index contributed by atoms with van der Waals surface area (Å²) in [6.07, 6.45) is 6.15. The molecule has 1 unspecified atom stereocenters. The van der Waals surface area contributed by atoms with E-state index in [0.29, 0.717) is 110 Å². The Balaban J connectivity index is 0.663. The number of fused-ring (bicyclic) bond motifs is 1. The number of carbonyl (C=O) groups excluding carboxylic acids is 3. The first-order valence-corrected chi connectivity index (χ1v) is 25.9. The molecule has 2 aromatic carbocycles. The summed E-state index contributed by atoms with van der Waals surface area (Å²) in [7, 11) is 1.62. The fourth-order valence-corrected chi connectivity index (χ4v) is 9.00. The molecule has 3 amide bonds. The van der Waals surface area contributed by atoms with Gasteiger partial charge in [0.1, 0.15) is 17.2 Å². The lowest BCUT2D eigenvalue weighted by atomic mass is 9.89. The van der Waals surface area contributed by atoms with Crippen LogP contribution in [0.1, 0.15) is 75.7 Å². The van der Waals surface area contributed by atoms with Crippen molar-refractivity contribution in [2.45, 2.75) is 52.1 Å². The lowest BCUT2D eigenvalue weighted by Gasteiger charge is -2.36. The van der Waals surface area contributed by atoms with E-state index in [9.17, 15) is 19.2 Å². The number of aromatic nitrogens is 3. The number of anilines is 1. The van der Waals surface area contributed by atoms with Crippen LogP contribution < -0.4 is 35.9 Å². The lowest BCUT2D eigenvalue weighted by Crippen LogP contribution is -2.46. The molecule has 0 aliphatic carbocycles. The molecular formula is C55H73N9O10. The number of benzene rings is 2. The van der Waals surface area contributed by atoms with Gasteiger partial charge in [0.25, 0.3) is 17.4 Å². The summed E-state index contributed by atoms with van der Waals surface area (Å²) in [5.41, 5.74) is 7.22. The monoisotopic (exact) mass is 1020 g/mol. The van der Waals surface area contributed by atoms with Gasteiger partial charge in [0.15, 0.2) is 0 Å². The minimum atomic E-state index is -0.256. The summed E-state index contributed by atoms with van der Waals surface area (Å²) in [4.78, 5) is 69.7. The average Bonchev–Trinajstić information content (AvgIpc) is 3.43. The molecule has 4 N–H and O–H groups in total. The Hall–Kier alpha value is -6.48. The van der Waals surface area contributed by atoms with Crippen LogP contribution >= 0.6 is 0 Å². The van der Waals surface area contributed by atoms with E-state index < -0.39 is 0 Å². The van der Waals surface area contributed by atoms with Gasteiger partial charge in [-0.3, -0.25) is 29.1 Å². The number of likely N-dealkylation sites (tertiary alicyclic amines) is 1. The number of nitrogens with zero attached hydrogens (tertiary/aromatic N) is 5. The molecule has 0 radical (unpaired) electrons. The van der Waals surface area contributed by atoms with Crippen LogP contribution in [0.2, 0.25) is 0 Å². The number of H-pyrrole nitrogens is 1. The minimum absolute atomic E-state index is 0.0489. The van der Waals surface area contributed by atoms with E-state index in [0.717, 1.165) is 96.0 Å². The number of rotatable bonds is 29. The molecular weight excluding hydrogens is 947 g/mol. The summed E-state index contributed by atoms with van der Waals surface area (Å²) in [5.74, 6) is 1.23. The zero-order valence-electron chi connectivity index (χ0n) is 43.2. The highest BCUT2D eigenvalue weighted by molar-refractivity contribution is 5.94. The van der Waals surface area contributed by atoms with Crippen molar-refractivity contribution in [2.24, 2.45) is 0 Å². The Kier molecular flexibility index (Phi) is 22.0. The number of aromatic amines is 1. The van der Waals surface area contributed by atoms with Gasteiger partial charge in [0.05, 0.1) is 96.0 Å². The normalized spacial score (nSPS) is 15.0. The Labute approximate surface area is 433 Å². The van der Waals surface area contributed by atoms with Gasteiger partial charge >= 0.3 is 0 Å². The van der Waals surface area contributed by atoms with Gasteiger partial charge in [0, 0.05) is 100 Å². The fraction of sp³-hybridized carbons (Fsp3) is 0.491. The van der Waals surface area contributed by atoms with Gasteiger partial charge in [-0.1, -0.05) is 25.1 Å². The maximum absolute atomic E-state index is 13.2. The second-order valence-electron chi connectivity index (χ2n) is 18.2. The number of hydrogen-bond donors (Lipinski definition) is 4. The van der Waals surface area contributed by atoms with Crippen molar-refractivity contribution in [3.05, 3.63) is 123 Å². The summed E-state index contributed by atoms with van der Waals surface area (Å²) < 4.78 is 33.5. The third kappa shape index (κ3) is 16.8. The summed E-state index contributed by atoms with van der Waals surface area (Å²) in [6, 6.07) is 20.9. The molecule has 74 heavy (non-hydrogen) atoms. The van der Waals surface area contributed by atoms with E-state index in [2.05, 4.69) is 40.7 Å². The number of nitrogens with one attached hydrogen (secondary N) is 4. The van der Waals surface area contributed by atoms with Crippen LogP contribution in [0.25, 0.3) is 11.0 Å². The van der Waals surface area contributed by atoms with Crippen molar-refractivity contribution in [3.8, 4) is 11.5 Å². The van der Waals surface area contributed by atoms with Crippen LogP contribution in [-0.2, 0) is 43.3 Å². The Morgan fingerprint density at radius 2 is 1.49 bits per heavy atom. The van der Waals surface area contributed by atoms with Crippen molar-refractivity contribution < 1.29 is 42.8 Å². The van der Waals surface area contributed by atoms with Gasteiger partial charge in [0.2, 0.25) is 5.91 Å². The van der Waals surface area contributed by atoms with Crippen LogP contribution in [-0.4, -0.2) is 168 Å². The maximum Gasteiger partial charge on any atom is 0.269 e. The number of ether oxygens (including phenoxy) is 6. The molecule has 19 heteroatoms. The topological polar surface area (TPSA) is 211 Å². The van der Waals surface area contributed by atoms with E-state index in [1.807, 2.05) is 79.5 Å². The smallest absolute Gasteiger partial charge is 0.269 e. The largest absolute Gasteiger partial charge is 0.497 e. The molecule has 1 atom stereocenters. The number of methoxy groups -OCH3 is 1. The van der Waals surface area contributed by atoms with E-state index in [-0.39, 0.29) is 35.7 Å². The highest BCUT2D eigenvalue weighted by Crippen LogP contribution is 2.28. The first kappa shape index (κ1) is 55.3. The summed E-state index contributed by atoms with van der Waals surface area (Å²) in [5, 5.41) is 9.06.